The molecule has 0 spiro atoms. The quantitative estimate of drug-likeness (QED) is 0.348. The first-order valence-corrected chi connectivity index (χ1v) is 12.6. The molecule has 11 heteroatoms. The molecule has 2 fully saturated rings. The maximum atomic E-state index is 13.4. The van der Waals surface area contributed by atoms with Gasteiger partial charge in [-0.15, -0.1) is 0 Å². The second-order valence-electron chi connectivity index (χ2n) is 9.68. The minimum Gasteiger partial charge on any atom is -0.489 e. The van der Waals surface area contributed by atoms with Gasteiger partial charge in [0.1, 0.15) is 13.4 Å². The van der Waals surface area contributed by atoms with Gasteiger partial charge in [-0.25, -0.2) is 9.78 Å². The Morgan fingerprint density at radius 2 is 1.79 bits per heavy atom. The monoisotopic (exact) mass is 536 g/mol. The number of carbonyl (C=O) groups excluding carboxylic acids is 1. The van der Waals surface area contributed by atoms with Gasteiger partial charge in [-0.3, -0.25) is 4.79 Å². The van der Waals surface area contributed by atoms with Crippen LogP contribution in [-0.2, 0) is 20.9 Å². The van der Waals surface area contributed by atoms with Crippen molar-refractivity contribution < 1.29 is 42.1 Å². The van der Waals surface area contributed by atoms with Gasteiger partial charge in [0.25, 0.3) is 0 Å². The highest BCUT2D eigenvalue weighted by Gasteiger charge is 2.45. The van der Waals surface area contributed by atoms with Gasteiger partial charge in [-0.05, 0) is 49.8 Å². The standard InChI is InChI=1S/C27H31F3N2O6/c28-27(29,30)20-10-8-19(9-11-20)25(33)32-14-22(38-17-36-15-18-5-2-1-3-6-18)13-21(32)16-37-23-7-4-12-31-24(23)26(34)35/h1-7,12,19-22H,8-11,13-17H2,(H,34,35)/t19?,20?,21-,22-/m1/s1. The minimum atomic E-state index is -4.25. The summed E-state index contributed by atoms with van der Waals surface area (Å²) in [5.41, 5.74) is 0.752. The number of halogens is 3. The fourth-order valence-corrected chi connectivity index (χ4v) is 5.06. The number of carboxylic acid groups (broad SMARTS) is 1. The predicted molar refractivity (Wildman–Crippen MR) is 129 cm³/mol. The van der Waals surface area contributed by atoms with Crippen molar-refractivity contribution in [1.82, 2.24) is 9.88 Å². The lowest BCUT2D eigenvalue weighted by atomic mass is 9.81. The van der Waals surface area contributed by atoms with Crippen LogP contribution in [0, 0.1) is 11.8 Å². The highest BCUT2D eigenvalue weighted by atomic mass is 19.4. The minimum absolute atomic E-state index is 0.000339. The number of likely N-dealkylation sites (tertiary alicyclic amines) is 1. The number of carboxylic acids is 1. The average molecular weight is 537 g/mol. The fraction of sp³-hybridized carbons (Fsp3) is 0.519. The van der Waals surface area contributed by atoms with Gasteiger partial charge < -0.3 is 24.2 Å². The third kappa shape index (κ3) is 7.22. The number of benzene rings is 1. The third-order valence-corrected chi connectivity index (χ3v) is 7.10. The summed E-state index contributed by atoms with van der Waals surface area (Å²) in [6.45, 7) is 0.627. The zero-order valence-corrected chi connectivity index (χ0v) is 20.8. The van der Waals surface area contributed by atoms with Crippen molar-refractivity contribution in [2.24, 2.45) is 11.8 Å². The number of pyridine rings is 1. The van der Waals surface area contributed by atoms with Crippen molar-refractivity contribution in [2.45, 2.75) is 57.0 Å². The van der Waals surface area contributed by atoms with Crippen LogP contribution in [0.4, 0.5) is 13.2 Å². The number of aromatic carboxylic acids is 1. The van der Waals surface area contributed by atoms with E-state index in [1.807, 2.05) is 30.3 Å². The number of amides is 1. The van der Waals surface area contributed by atoms with Crippen LogP contribution in [0.25, 0.3) is 0 Å². The molecule has 1 saturated heterocycles. The number of hydrogen-bond donors (Lipinski definition) is 1. The van der Waals surface area contributed by atoms with Crippen molar-refractivity contribution in [3.05, 3.63) is 59.9 Å². The molecule has 38 heavy (non-hydrogen) atoms. The van der Waals surface area contributed by atoms with Gasteiger partial charge in [0.2, 0.25) is 5.91 Å². The molecule has 206 valence electrons. The molecule has 1 aliphatic carbocycles. The molecule has 2 atom stereocenters. The van der Waals surface area contributed by atoms with Gasteiger partial charge in [0.05, 0.1) is 24.7 Å². The summed E-state index contributed by atoms with van der Waals surface area (Å²) in [5.74, 6) is -3.26. The molecule has 4 rings (SSSR count). The zero-order chi connectivity index (χ0) is 27.1. The lowest BCUT2D eigenvalue weighted by molar-refractivity contribution is -0.185. The number of alkyl halides is 3. The van der Waals surface area contributed by atoms with E-state index in [2.05, 4.69) is 4.98 Å². The predicted octanol–water partition coefficient (Wildman–Crippen LogP) is 4.69. The number of ether oxygens (including phenoxy) is 3. The average Bonchev–Trinajstić information content (AvgIpc) is 3.32. The first-order chi connectivity index (χ1) is 18.2. The lowest BCUT2D eigenvalue weighted by Crippen LogP contribution is -2.44. The Morgan fingerprint density at radius 1 is 1.05 bits per heavy atom. The molecule has 1 saturated carbocycles. The van der Waals surface area contributed by atoms with Gasteiger partial charge in [-0.2, -0.15) is 13.2 Å². The molecule has 0 unspecified atom stereocenters. The van der Waals surface area contributed by atoms with E-state index in [0.717, 1.165) is 5.56 Å². The molecular weight excluding hydrogens is 505 g/mol. The first kappa shape index (κ1) is 27.8. The maximum absolute atomic E-state index is 13.4. The second-order valence-corrected chi connectivity index (χ2v) is 9.68. The zero-order valence-electron chi connectivity index (χ0n) is 20.8. The van der Waals surface area contributed by atoms with Crippen LogP contribution in [0.15, 0.2) is 48.7 Å². The number of rotatable bonds is 10. The number of carbonyl (C=O) groups is 2. The van der Waals surface area contributed by atoms with Crippen LogP contribution in [-0.4, -0.2) is 65.1 Å². The Morgan fingerprint density at radius 3 is 2.47 bits per heavy atom. The molecular formula is C27H31F3N2O6. The summed E-state index contributed by atoms with van der Waals surface area (Å²) in [6.07, 6.45) is -2.64. The van der Waals surface area contributed by atoms with Crippen molar-refractivity contribution >= 4 is 11.9 Å². The molecule has 1 aromatic carbocycles. The molecule has 0 bridgehead atoms. The Kier molecular flexibility index (Phi) is 9.22. The van der Waals surface area contributed by atoms with Gasteiger partial charge >= 0.3 is 12.1 Å². The topological polar surface area (TPSA) is 98.2 Å². The van der Waals surface area contributed by atoms with E-state index < -0.39 is 30.0 Å². The van der Waals surface area contributed by atoms with Crippen LogP contribution in [0.3, 0.4) is 0 Å². The molecule has 8 nitrogen and oxygen atoms in total. The van der Waals surface area contributed by atoms with E-state index in [4.69, 9.17) is 14.2 Å². The number of hydrogen-bond acceptors (Lipinski definition) is 6. The van der Waals surface area contributed by atoms with E-state index in [1.54, 1.807) is 11.0 Å². The number of nitrogens with zero attached hydrogens (tertiary/aromatic N) is 2. The van der Waals surface area contributed by atoms with Crippen LogP contribution >= 0.6 is 0 Å². The van der Waals surface area contributed by atoms with Gasteiger partial charge in [0, 0.05) is 18.7 Å². The third-order valence-electron chi connectivity index (χ3n) is 7.10. The molecule has 1 aliphatic heterocycles. The van der Waals surface area contributed by atoms with Crippen LogP contribution < -0.4 is 4.74 Å². The van der Waals surface area contributed by atoms with E-state index in [-0.39, 0.29) is 69.1 Å². The Hall–Kier alpha value is -3.18. The highest BCUT2D eigenvalue weighted by Crippen LogP contribution is 2.40. The summed E-state index contributed by atoms with van der Waals surface area (Å²) in [4.78, 5) is 30.3. The van der Waals surface area contributed by atoms with Crippen molar-refractivity contribution in [3.63, 3.8) is 0 Å². The summed E-state index contributed by atoms with van der Waals surface area (Å²) < 4.78 is 56.6. The Labute approximate surface area is 218 Å². The van der Waals surface area contributed by atoms with E-state index in [9.17, 15) is 27.9 Å². The van der Waals surface area contributed by atoms with Crippen LogP contribution in [0.5, 0.6) is 5.75 Å². The van der Waals surface area contributed by atoms with E-state index >= 15 is 0 Å². The van der Waals surface area contributed by atoms with Gasteiger partial charge in [-0.1, -0.05) is 30.3 Å². The first-order valence-electron chi connectivity index (χ1n) is 12.6. The van der Waals surface area contributed by atoms with Crippen molar-refractivity contribution in [2.75, 3.05) is 19.9 Å². The largest absolute Gasteiger partial charge is 0.489 e. The maximum Gasteiger partial charge on any atom is 0.391 e. The molecule has 1 aromatic heterocycles. The normalized spacial score (nSPS) is 23.8. The molecule has 0 radical (unpaired) electrons. The van der Waals surface area contributed by atoms with Crippen LogP contribution in [0.1, 0.15) is 48.2 Å². The van der Waals surface area contributed by atoms with Crippen molar-refractivity contribution in [1.29, 1.82) is 0 Å². The lowest BCUT2D eigenvalue weighted by Gasteiger charge is -2.33. The van der Waals surface area contributed by atoms with E-state index in [0.29, 0.717) is 13.0 Å². The number of aromatic nitrogens is 1. The smallest absolute Gasteiger partial charge is 0.391 e. The van der Waals surface area contributed by atoms with Crippen LogP contribution in [0.2, 0.25) is 0 Å². The Balaban J connectivity index is 1.38. The molecule has 1 N–H and O–H groups in total. The second kappa shape index (κ2) is 12.6. The molecule has 1 amide bonds. The summed E-state index contributed by atoms with van der Waals surface area (Å²) in [5, 5.41) is 9.37. The highest BCUT2D eigenvalue weighted by molar-refractivity contribution is 5.88. The summed E-state index contributed by atoms with van der Waals surface area (Å²) in [7, 11) is 0. The van der Waals surface area contributed by atoms with Gasteiger partial charge in [0.15, 0.2) is 11.4 Å². The SMILES string of the molecule is O=C(O)c1ncccc1OC[C@H]1C[C@@H](OCOCc2ccccc2)CN1C(=O)C1CCC(C(F)(F)F)CC1. The van der Waals surface area contributed by atoms with Crippen molar-refractivity contribution in [3.8, 4) is 5.75 Å². The summed E-state index contributed by atoms with van der Waals surface area (Å²) in [6, 6.07) is 12.2. The molecule has 2 aliphatic rings. The molecule has 2 heterocycles. The molecule has 2 aromatic rings. The Bertz CT molecular complexity index is 1080. The fourth-order valence-electron chi connectivity index (χ4n) is 5.06. The van der Waals surface area contributed by atoms with E-state index in [1.165, 1.54) is 12.3 Å². The summed E-state index contributed by atoms with van der Waals surface area (Å²) >= 11 is 0.